The molecule has 3 amide bonds. The molecule has 0 aliphatic carbocycles. The topological polar surface area (TPSA) is 75.3 Å². The summed E-state index contributed by atoms with van der Waals surface area (Å²) in [6.45, 7) is 9.03. The third kappa shape index (κ3) is 4.16. The number of imide groups is 1. The van der Waals surface area contributed by atoms with Crippen LogP contribution in [-0.2, 0) is 14.4 Å². The molecule has 10 heteroatoms. The van der Waals surface area contributed by atoms with E-state index in [4.69, 9.17) is 7.74 Å². The number of hydrogen-bond acceptors (Lipinski definition) is 3. The molecule has 1 saturated heterocycles. The first-order valence-electron chi connectivity index (χ1n) is 5.44. The Bertz CT molecular complexity index is 448. The van der Waals surface area contributed by atoms with Crippen molar-refractivity contribution in [1.82, 2.24) is 10.6 Å². The van der Waals surface area contributed by atoms with Crippen LogP contribution < -0.4 is 10.6 Å². The molecule has 1 heterocycles. The van der Waals surface area contributed by atoms with E-state index in [1.54, 1.807) is 0 Å². The Labute approximate surface area is 109 Å². The summed E-state index contributed by atoms with van der Waals surface area (Å²) in [6, 6.07) is -0.699. The second-order valence-corrected chi connectivity index (χ2v) is 3.69. The van der Waals surface area contributed by atoms with E-state index in [1.165, 1.54) is 27.1 Å². The van der Waals surface area contributed by atoms with Gasteiger partial charge in [-0.25, -0.2) is 0 Å². The molecular formula is C8H9B5N2O3. The monoisotopic (exact) mass is 236 g/mol. The number of hydrogen-bond donors (Lipinski definition) is 2. The van der Waals surface area contributed by atoms with E-state index in [-0.39, 0.29) is 17.7 Å². The molecule has 1 rings (SSSR count). The molecule has 0 bridgehead atoms. The SMILES string of the molecule is [B]B=BC(=BB=C)C(=O)NC1CCC(=O)NC1=O. The molecule has 1 fully saturated rings. The van der Waals surface area contributed by atoms with Crippen LogP contribution in [0.2, 0.25) is 0 Å². The van der Waals surface area contributed by atoms with Gasteiger partial charge in [0.2, 0.25) is 0 Å². The van der Waals surface area contributed by atoms with Crippen LogP contribution in [0.5, 0.6) is 0 Å². The first kappa shape index (κ1) is 14.7. The van der Waals surface area contributed by atoms with Crippen LogP contribution in [-0.4, -0.2) is 70.5 Å². The summed E-state index contributed by atoms with van der Waals surface area (Å²) in [6.07, 6.45) is 0.508. The van der Waals surface area contributed by atoms with Gasteiger partial charge in [-0.15, -0.1) is 0 Å². The fraction of sp³-hybridized carbons (Fsp3) is 0.375. The number of piperidine rings is 1. The summed E-state index contributed by atoms with van der Waals surface area (Å²) in [5.41, 5.74) is 0. The molecule has 0 spiro atoms. The van der Waals surface area contributed by atoms with Gasteiger partial charge >= 0.3 is 108 Å². The molecule has 84 valence electrons. The van der Waals surface area contributed by atoms with Crippen LogP contribution >= 0.6 is 0 Å². The molecular weight excluding hydrogens is 226 g/mol. The fourth-order valence-electron chi connectivity index (χ4n) is 1.51. The van der Waals surface area contributed by atoms with Crippen LogP contribution in [0, 0.1) is 0 Å². The summed E-state index contributed by atoms with van der Waals surface area (Å²) >= 11 is 0. The number of nitrogens with one attached hydrogen (secondary N) is 2. The Kier molecular flexibility index (Phi) is 5.88. The Morgan fingerprint density at radius 3 is 2.78 bits per heavy atom. The minimum absolute atomic E-state index is 0.212. The first-order valence-corrected chi connectivity index (χ1v) is 5.44. The van der Waals surface area contributed by atoms with Gasteiger partial charge in [-0.1, -0.05) is 0 Å². The van der Waals surface area contributed by atoms with Gasteiger partial charge < -0.3 is 0 Å². The fourth-order valence-corrected chi connectivity index (χ4v) is 1.51. The Hall–Kier alpha value is -1.33. The second kappa shape index (κ2) is 7.19. The standard InChI is InChI=1S/C8H9B5N2O3/c1-10-11-6(12-13-9)8(18)14-4-2-3-5(16)15-7(4)17/h4H,1-3H2,(H,14,18)(H,15,16,17). The van der Waals surface area contributed by atoms with E-state index in [2.05, 4.69) is 17.1 Å². The maximum atomic E-state index is 11.8. The number of rotatable bonds is 4. The van der Waals surface area contributed by atoms with Crippen LogP contribution in [0.1, 0.15) is 12.8 Å². The molecule has 5 nitrogen and oxygen atoms in total. The van der Waals surface area contributed by atoms with Crippen LogP contribution in [0.4, 0.5) is 0 Å². The maximum absolute atomic E-state index is 11.8. The van der Waals surface area contributed by atoms with Gasteiger partial charge in [0, 0.05) is 0 Å². The van der Waals surface area contributed by atoms with Crippen molar-refractivity contribution >= 4 is 64.4 Å². The zero-order valence-corrected chi connectivity index (χ0v) is 9.81. The van der Waals surface area contributed by atoms with E-state index in [9.17, 15) is 14.4 Å². The van der Waals surface area contributed by atoms with Gasteiger partial charge in [0.25, 0.3) is 0 Å². The number of amides is 3. The number of carbonyl (C=O) groups excluding carboxylic acids is 3. The molecule has 1 aliphatic rings. The van der Waals surface area contributed by atoms with Gasteiger partial charge in [0.05, 0.1) is 0 Å². The second-order valence-electron chi connectivity index (χ2n) is 3.69. The summed E-state index contributed by atoms with van der Waals surface area (Å²) in [5.74, 6) is -1.26. The van der Waals surface area contributed by atoms with Crippen LogP contribution in [0.25, 0.3) is 0 Å². The average molecular weight is 235 g/mol. The quantitative estimate of drug-likeness (QED) is 0.387. The molecule has 1 atom stereocenters. The third-order valence-corrected chi connectivity index (χ3v) is 2.38. The minimum atomic E-state index is -0.699. The molecule has 2 N–H and O–H groups in total. The molecule has 1 aliphatic heterocycles. The van der Waals surface area contributed by atoms with E-state index in [0.717, 1.165) is 0 Å². The van der Waals surface area contributed by atoms with E-state index >= 15 is 0 Å². The van der Waals surface area contributed by atoms with E-state index < -0.39 is 17.9 Å². The zero-order valence-electron chi connectivity index (χ0n) is 9.81. The van der Waals surface area contributed by atoms with Crippen LogP contribution in [0.15, 0.2) is 0 Å². The molecule has 18 heavy (non-hydrogen) atoms. The predicted octanol–water partition coefficient (Wildman–Crippen LogP) is -3.80. The third-order valence-electron chi connectivity index (χ3n) is 2.38. The molecule has 0 saturated carbocycles. The van der Waals surface area contributed by atoms with Gasteiger partial charge in [0.15, 0.2) is 0 Å². The normalized spacial score (nSPS) is 19.1. The molecule has 0 aromatic heterocycles. The summed E-state index contributed by atoms with van der Waals surface area (Å²) in [7, 11) is 5.22. The summed E-state index contributed by atoms with van der Waals surface area (Å²) in [4.78, 5) is 34.2. The van der Waals surface area contributed by atoms with Crippen molar-refractivity contribution in [3.63, 3.8) is 0 Å². The van der Waals surface area contributed by atoms with Crippen LogP contribution in [0.3, 0.4) is 0 Å². The Morgan fingerprint density at radius 1 is 1.50 bits per heavy atom. The summed E-state index contributed by atoms with van der Waals surface area (Å²) in [5, 5.41) is 4.98. The zero-order chi connectivity index (χ0) is 13.5. The molecule has 0 aromatic carbocycles. The first-order chi connectivity index (χ1) is 8.58. The Balaban J connectivity index is 2.69. The average Bonchev–Trinajstić information content (AvgIpc) is 2.32. The van der Waals surface area contributed by atoms with Crippen molar-refractivity contribution < 1.29 is 14.4 Å². The summed E-state index contributed by atoms with van der Waals surface area (Å²) < 4.78 is 0. The van der Waals surface area contributed by atoms with Crippen molar-refractivity contribution in [2.45, 2.75) is 18.9 Å². The molecule has 1 unspecified atom stereocenters. The van der Waals surface area contributed by atoms with E-state index in [1.807, 2.05) is 0 Å². The van der Waals surface area contributed by atoms with Gasteiger partial charge in [-0.2, -0.15) is 0 Å². The number of carbonyl (C=O) groups is 3. The van der Waals surface area contributed by atoms with Gasteiger partial charge in [-0.05, 0) is 0 Å². The Morgan fingerprint density at radius 2 is 2.22 bits per heavy atom. The van der Waals surface area contributed by atoms with Gasteiger partial charge in [0.1, 0.15) is 0 Å². The van der Waals surface area contributed by atoms with Crippen molar-refractivity contribution in [2.75, 3.05) is 0 Å². The molecule has 2 radical (unpaired) electrons. The van der Waals surface area contributed by atoms with Crippen molar-refractivity contribution in [3.05, 3.63) is 0 Å². The van der Waals surface area contributed by atoms with Crippen molar-refractivity contribution in [3.8, 4) is 0 Å². The van der Waals surface area contributed by atoms with Gasteiger partial charge in [-0.3, -0.25) is 0 Å². The molecule has 0 aromatic rings. The van der Waals surface area contributed by atoms with Crippen molar-refractivity contribution in [1.29, 1.82) is 0 Å². The van der Waals surface area contributed by atoms with Crippen molar-refractivity contribution in [2.24, 2.45) is 0 Å². The van der Waals surface area contributed by atoms with E-state index in [0.29, 0.717) is 6.42 Å². The predicted molar refractivity (Wildman–Crippen MR) is 75.2 cm³/mol.